The number of benzene rings is 1. The third-order valence-corrected chi connectivity index (χ3v) is 3.88. The Balaban J connectivity index is 2.77. The van der Waals surface area contributed by atoms with E-state index >= 15 is 0 Å². The first-order valence-electron chi connectivity index (χ1n) is 4.81. The minimum absolute atomic E-state index is 0.103. The molecule has 1 unspecified atom stereocenters. The second kappa shape index (κ2) is 5.89. The topological polar surface area (TPSA) is 29.1 Å². The maximum atomic E-state index is 11.7. The monoisotopic (exact) mass is 323 g/mol. The summed E-state index contributed by atoms with van der Waals surface area (Å²) >= 11 is 15.0. The van der Waals surface area contributed by atoms with E-state index in [0.717, 1.165) is 0 Å². The van der Waals surface area contributed by atoms with Gasteiger partial charge in [0, 0.05) is 15.7 Å². The molecule has 0 aliphatic heterocycles. The molecule has 1 amide bonds. The van der Waals surface area contributed by atoms with E-state index in [1.54, 1.807) is 18.2 Å². The molecular formula is C11H12BrCl2NO. The molecule has 0 spiro atoms. The Morgan fingerprint density at radius 2 is 1.75 bits per heavy atom. The van der Waals surface area contributed by atoms with E-state index in [0.29, 0.717) is 15.7 Å². The maximum Gasteiger partial charge on any atom is 0.238 e. The molecule has 1 N–H and O–H groups in total. The van der Waals surface area contributed by atoms with Crippen LogP contribution in [0.2, 0.25) is 10.0 Å². The van der Waals surface area contributed by atoms with Crippen LogP contribution in [0.4, 0.5) is 5.69 Å². The van der Waals surface area contributed by atoms with Crippen molar-refractivity contribution in [2.24, 2.45) is 5.92 Å². The van der Waals surface area contributed by atoms with Crippen LogP contribution in [-0.4, -0.2) is 10.7 Å². The summed E-state index contributed by atoms with van der Waals surface area (Å²) < 4.78 is 0. The highest BCUT2D eigenvalue weighted by Crippen LogP contribution is 2.23. The predicted molar refractivity (Wildman–Crippen MR) is 72.6 cm³/mol. The van der Waals surface area contributed by atoms with Crippen LogP contribution in [0.15, 0.2) is 18.2 Å². The zero-order chi connectivity index (χ0) is 12.3. The molecule has 2 nitrogen and oxygen atoms in total. The van der Waals surface area contributed by atoms with Gasteiger partial charge in [-0.05, 0) is 24.1 Å². The molecule has 0 bridgehead atoms. The van der Waals surface area contributed by atoms with E-state index in [1.165, 1.54) is 0 Å². The smallest absolute Gasteiger partial charge is 0.238 e. The van der Waals surface area contributed by atoms with Gasteiger partial charge in [-0.3, -0.25) is 4.79 Å². The van der Waals surface area contributed by atoms with Crippen molar-refractivity contribution in [3.05, 3.63) is 28.2 Å². The number of hydrogen-bond acceptors (Lipinski definition) is 1. The van der Waals surface area contributed by atoms with Gasteiger partial charge in [-0.25, -0.2) is 0 Å². The first-order valence-corrected chi connectivity index (χ1v) is 6.48. The normalized spacial score (nSPS) is 12.6. The third-order valence-electron chi connectivity index (χ3n) is 1.97. The molecule has 1 aromatic carbocycles. The molecule has 0 heterocycles. The lowest BCUT2D eigenvalue weighted by Crippen LogP contribution is -2.26. The number of amides is 1. The van der Waals surface area contributed by atoms with Gasteiger partial charge in [0.1, 0.15) is 0 Å². The van der Waals surface area contributed by atoms with Gasteiger partial charge in [0.2, 0.25) is 5.91 Å². The van der Waals surface area contributed by atoms with Crippen LogP contribution in [0.5, 0.6) is 0 Å². The SMILES string of the molecule is CC(C)C(Br)C(=O)Nc1cc(Cl)cc(Cl)c1. The summed E-state index contributed by atoms with van der Waals surface area (Å²) in [6, 6.07) is 4.93. The van der Waals surface area contributed by atoms with Crippen molar-refractivity contribution in [3.8, 4) is 0 Å². The summed E-state index contributed by atoms with van der Waals surface area (Å²) in [5.41, 5.74) is 0.604. The van der Waals surface area contributed by atoms with Crippen molar-refractivity contribution in [2.45, 2.75) is 18.7 Å². The number of alkyl halides is 1. The molecule has 0 aromatic heterocycles. The summed E-state index contributed by atoms with van der Waals surface area (Å²) in [6.45, 7) is 3.92. The predicted octanol–water partition coefficient (Wildman–Crippen LogP) is 4.35. The summed E-state index contributed by atoms with van der Waals surface area (Å²) in [5.74, 6) is 0.114. The van der Waals surface area contributed by atoms with Crippen molar-refractivity contribution < 1.29 is 4.79 Å². The van der Waals surface area contributed by atoms with Crippen molar-refractivity contribution in [1.82, 2.24) is 0 Å². The highest BCUT2D eigenvalue weighted by molar-refractivity contribution is 9.10. The number of carbonyl (C=O) groups excluding carboxylic acids is 1. The Labute approximate surface area is 113 Å². The Morgan fingerprint density at radius 1 is 1.25 bits per heavy atom. The molecule has 16 heavy (non-hydrogen) atoms. The zero-order valence-corrected chi connectivity index (χ0v) is 12.0. The first kappa shape index (κ1) is 13.8. The Bertz CT molecular complexity index is 375. The standard InChI is InChI=1S/C11H12BrCl2NO/c1-6(2)10(12)11(16)15-9-4-7(13)3-8(14)5-9/h3-6,10H,1-2H3,(H,15,16). The number of carbonyl (C=O) groups is 1. The van der Waals surface area contributed by atoms with Crippen LogP contribution >= 0.6 is 39.1 Å². The number of nitrogens with one attached hydrogen (secondary N) is 1. The highest BCUT2D eigenvalue weighted by atomic mass is 79.9. The maximum absolute atomic E-state index is 11.7. The van der Waals surface area contributed by atoms with Crippen LogP contribution in [0.1, 0.15) is 13.8 Å². The Kier molecular flexibility index (Phi) is 5.09. The summed E-state index contributed by atoms with van der Waals surface area (Å²) in [5, 5.41) is 3.75. The quantitative estimate of drug-likeness (QED) is 0.823. The number of rotatable bonds is 3. The molecule has 1 atom stereocenters. The second-order valence-corrected chi connectivity index (χ2v) is 5.65. The lowest BCUT2D eigenvalue weighted by Gasteiger charge is -2.14. The van der Waals surface area contributed by atoms with Crippen LogP contribution in [-0.2, 0) is 4.79 Å². The van der Waals surface area contributed by atoms with Gasteiger partial charge in [-0.1, -0.05) is 53.0 Å². The average Bonchev–Trinajstić information content (AvgIpc) is 2.14. The lowest BCUT2D eigenvalue weighted by atomic mass is 10.1. The van der Waals surface area contributed by atoms with E-state index < -0.39 is 0 Å². The van der Waals surface area contributed by atoms with Crippen LogP contribution < -0.4 is 5.32 Å². The minimum atomic E-state index is -0.231. The molecule has 0 aliphatic rings. The fourth-order valence-electron chi connectivity index (χ4n) is 1.14. The molecular weight excluding hydrogens is 313 g/mol. The molecule has 1 rings (SSSR count). The summed E-state index contributed by atoms with van der Waals surface area (Å²) in [7, 11) is 0. The minimum Gasteiger partial charge on any atom is -0.325 e. The van der Waals surface area contributed by atoms with Crippen molar-refractivity contribution >= 4 is 50.7 Å². The number of hydrogen-bond donors (Lipinski definition) is 1. The third kappa shape index (κ3) is 3.96. The lowest BCUT2D eigenvalue weighted by molar-refractivity contribution is -0.116. The molecule has 5 heteroatoms. The van der Waals surface area contributed by atoms with E-state index in [1.807, 2.05) is 13.8 Å². The fraction of sp³-hybridized carbons (Fsp3) is 0.364. The van der Waals surface area contributed by atoms with E-state index in [-0.39, 0.29) is 16.7 Å². The average molecular weight is 325 g/mol. The fourth-order valence-corrected chi connectivity index (χ4v) is 1.78. The number of halogens is 3. The summed E-state index contributed by atoms with van der Waals surface area (Å²) in [4.78, 5) is 11.5. The van der Waals surface area contributed by atoms with Crippen molar-refractivity contribution in [3.63, 3.8) is 0 Å². The van der Waals surface area contributed by atoms with Gasteiger partial charge < -0.3 is 5.32 Å². The van der Waals surface area contributed by atoms with Gasteiger partial charge in [0.05, 0.1) is 4.83 Å². The number of anilines is 1. The molecule has 0 radical (unpaired) electrons. The Hall–Kier alpha value is -0.250. The molecule has 0 saturated heterocycles. The Morgan fingerprint density at radius 3 is 2.19 bits per heavy atom. The zero-order valence-electron chi connectivity index (χ0n) is 8.93. The van der Waals surface area contributed by atoms with Crippen LogP contribution in [0.25, 0.3) is 0 Å². The van der Waals surface area contributed by atoms with E-state index in [9.17, 15) is 4.79 Å². The van der Waals surface area contributed by atoms with Crippen molar-refractivity contribution in [1.29, 1.82) is 0 Å². The second-order valence-electron chi connectivity index (χ2n) is 3.79. The van der Waals surface area contributed by atoms with Gasteiger partial charge >= 0.3 is 0 Å². The first-order chi connectivity index (χ1) is 7.40. The highest BCUT2D eigenvalue weighted by Gasteiger charge is 2.18. The largest absolute Gasteiger partial charge is 0.325 e. The van der Waals surface area contributed by atoms with Gasteiger partial charge in [0.25, 0.3) is 0 Å². The van der Waals surface area contributed by atoms with E-state index in [2.05, 4.69) is 21.2 Å². The van der Waals surface area contributed by atoms with Gasteiger partial charge in [-0.2, -0.15) is 0 Å². The van der Waals surface area contributed by atoms with Crippen molar-refractivity contribution in [2.75, 3.05) is 5.32 Å². The van der Waals surface area contributed by atoms with Crippen LogP contribution in [0, 0.1) is 5.92 Å². The molecule has 0 aliphatic carbocycles. The van der Waals surface area contributed by atoms with E-state index in [4.69, 9.17) is 23.2 Å². The van der Waals surface area contributed by atoms with Gasteiger partial charge in [0.15, 0.2) is 0 Å². The molecule has 0 saturated carbocycles. The molecule has 88 valence electrons. The van der Waals surface area contributed by atoms with Crippen LogP contribution in [0.3, 0.4) is 0 Å². The van der Waals surface area contributed by atoms with Gasteiger partial charge in [-0.15, -0.1) is 0 Å². The summed E-state index contributed by atoms with van der Waals surface area (Å²) in [6.07, 6.45) is 0. The molecule has 1 aromatic rings. The molecule has 0 fully saturated rings.